The first kappa shape index (κ1) is 10.4. The van der Waals surface area contributed by atoms with Gasteiger partial charge in [-0.05, 0) is 12.1 Å². The highest BCUT2D eigenvalue weighted by Gasteiger charge is 2.09. The van der Waals surface area contributed by atoms with Crippen molar-refractivity contribution < 1.29 is 4.52 Å². The summed E-state index contributed by atoms with van der Waals surface area (Å²) < 4.78 is 4.93. The second-order valence-electron chi connectivity index (χ2n) is 2.87. The molecule has 0 saturated heterocycles. The molecule has 0 spiro atoms. The van der Waals surface area contributed by atoms with E-state index in [2.05, 4.69) is 5.16 Å². The number of hydrogen-bond donors (Lipinski definition) is 1. The Bertz CT molecular complexity index is 492. The van der Waals surface area contributed by atoms with Crippen LogP contribution in [0.3, 0.4) is 0 Å². The van der Waals surface area contributed by atoms with E-state index in [1.165, 1.54) is 0 Å². The highest BCUT2D eigenvalue weighted by atomic mass is 35.5. The summed E-state index contributed by atoms with van der Waals surface area (Å²) in [6, 6.07) is 9.84. The highest BCUT2D eigenvalue weighted by molar-refractivity contribution is 7.98. The third kappa shape index (κ3) is 2.46. The van der Waals surface area contributed by atoms with E-state index in [0.29, 0.717) is 11.5 Å². The molecular weight excluding hydrogens is 234 g/mol. The Hall–Kier alpha value is -1.13. The summed E-state index contributed by atoms with van der Waals surface area (Å²) in [6.45, 7) is 0. The molecule has 0 radical (unpaired) electrons. The molecule has 0 saturated carbocycles. The Labute approximate surface area is 95.4 Å². The van der Waals surface area contributed by atoms with Gasteiger partial charge in [-0.2, -0.15) is 5.16 Å². The molecule has 0 aliphatic rings. The fourth-order valence-corrected chi connectivity index (χ4v) is 2.16. The number of H-pyrrole nitrogens is 1. The third-order valence-electron chi connectivity index (χ3n) is 1.82. The van der Waals surface area contributed by atoms with Crippen LogP contribution in [0.15, 0.2) is 44.5 Å². The molecular formula is C10H8ClNO2S. The van der Waals surface area contributed by atoms with Gasteiger partial charge < -0.3 is 4.52 Å². The van der Waals surface area contributed by atoms with Gasteiger partial charge in [0.15, 0.2) is 10.8 Å². The van der Waals surface area contributed by atoms with Crippen LogP contribution >= 0.6 is 23.4 Å². The van der Waals surface area contributed by atoms with Crippen LogP contribution in [0.1, 0.15) is 5.76 Å². The Morgan fingerprint density at radius 2 is 2.07 bits per heavy atom. The molecule has 0 unspecified atom stereocenters. The predicted molar refractivity (Wildman–Crippen MR) is 60.3 cm³/mol. The fourth-order valence-electron chi connectivity index (χ4n) is 1.08. The van der Waals surface area contributed by atoms with Crippen molar-refractivity contribution in [2.24, 2.45) is 0 Å². The summed E-state index contributed by atoms with van der Waals surface area (Å²) in [5, 5.41) is 2.33. The molecule has 0 atom stereocenters. The number of aromatic amines is 1. The number of rotatable bonds is 3. The van der Waals surface area contributed by atoms with Gasteiger partial charge in [-0.25, -0.2) is 0 Å². The Kier molecular flexibility index (Phi) is 3.18. The first-order valence-electron chi connectivity index (χ1n) is 4.31. The lowest BCUT2D eigenvalue weighted by atomic mass is 10.4. The van der Waals surface area contributed by atoms with Crippen LogP contribution in [0, 0.1) is 0 Å². The first-order chi connectivity index (χ1) is 7.27. The predicted octanol–water partition coefficient (Wildman–Crippen LogP) is 2.91. The number of aromatic nitrogens is 1. The zero-order valence-electron chi connectivity index (χ0n) is 7.70. The first-order valence-corrected chi connectivity index (χ1v) is 5.67. The maximum atomic E-state index is 11.0. The molecule has 5 heteroatoms. The Morgan fingerprint density at radius 3 is 2.67 bits per heavy atom. The molecule has 0 fully saturated rings. The van der Waals surface area contributed by atoms with Gasteiger partial charge in [0.05, 0.1) is 5.75 Å². The second kappa shape index (κ2) is 4.59. The van der Waals surface area contributed by atoms with Crippen molar-refractivity contribution in [2.75, 3.05) is 0 Å². The molecule has 0 bridgehead atoms. The third-order valence-corrected chi connectivity index (χ3v) is 3.22. The summed E-state index contributed by atoms with van der Waals surface area (Å²) >= 11 is 7.29. The van der Waals surface area contributed by atoms with Gasteiger partial charge in [-0.3, -0.25) is 4.79 Å². The Morgan fingerprint density at radius 1 is 1.33 bits per heavy atom. The topological polar surface area (TPSA) is 46.0 Å². The monoisotopic (exact) mass is 241 g/mol. The maximum Gasteiger partial charge on any atom is 0.298 e. The van der Waals surface area contributed by atoms with Gasteiger partial charge >= 0.3 is 0 Å². The summed E-state index contributed by atoms with van der Waals surface area (Å²) in [4.78, 5) is 12.1. The zero-order valence-corrected chi connectivity index (χ0v) is 9.27. The van der Waals surface area contributed by atoms with Gasteiger partial charge in [0, 0.05) is 4.90 Å². The van der Waals surface area contributed by atoms with Crippen LogP contribution in [0.5, 0.6) is 0 Å². The minimum Gasteiger partial charge on any atom is -0.381 e. The summed E-state index contributed by atoms with van der Waals surface area (Å²) in [5.74, 6) is 1.03. The van der Waals surface area contributed by atoms with E-state index in [1.54, 1.807) is 11.8 Å². The van der Waals surface area contributed by atoms with E-state index in [9.17, 15) is 4.79 Å². The number of halogens is 1. The normalized spacial score (nSPS) is 10.5. The van der Waals surface area contributed by atoms with Crippen molar-refractivity contribution in [3.8, 4) is 0 Å². The van der Waals surface area contributed by atoms with Crippen molar-refractivity contribution in [3.63, 3.8) is 0 Å². The lowest BCUT2D eigenvalue weighted by Crippen LogP contribution is -1.96. The minimum atomic E-state index is -0.375. The average Bonchev–Trinajstić information content (AvgIpc) is 2.59. The fraction of sp³-hybridized carbons (Fsp3) is 0.100. The van der Waals surface area contributed by atoms with Gasteiger partial charge in [0.2, 0.25) is 0 Å². The molecule has 0 aliphatic carbocycles. The molecule has 2 rings (SSSR count). The van der Waals surface area contributed by atoms with E-state index < -0.39 is 0 Å². The molecule has 1 heterocycles. The van der Waals surface area contributed by atoms with Gasteiger partial charge in [-0.1, -0.05) is 29.8 Å². The van der Waals surface area contributed by atoms with Gasteiger partial charge in [0.25, 0.3) is 5.56 Å². The number of hydrogen-bond acceptors (Lipinski definition) is 3. The largest absolute Gasteiger partial charge is 0.381 e. The van der Waals surface area contributed by atoms with Gasteiger partial charge in [0.1, 0.15) is 0 Å². The minimum absolute atomic E-state index is 0.137. The number of thioether (sulfide) groups is 1. The van der Waals surface area contributed by atoms with E-state index >= 15 is 0 Å². The van der Waals surface area contributed by atoms with Crippen LogP contribution in [0.25, 0.3) is 0 Å². The standard InChI is InChI=1S/C10H8ClNO2S/c11-9-8(14-12-10(9)13)6-15-7-4-2-1-3-5-7/h1-5H,6H2,(H,12,13). The van der Waals surface area contributed by atoms with Crippen LogP contribution in [0.4, 0.5) is 0 Å². The smallest absolute Gasteiger partial charge is 0.298 e. The van der Waals surface area contributed by atoms with Crippen molar-refractivity contribution in [3.05, 3.63) is 51.5 Å². The zero-order chi connectivity index (χ0) is 10.7. The van der Waals surface area contributed by atoms with E-state index in [-0.39, 0.29) is 10.6 Å². The highest BCUT2D eigenvalue weighted by Crippen LogP contribution is 2.24. The van der Waals surface area contributed by atoms with Crippen molar-refractivity contribution >= 4 is 23.4 Å². The number of benzene rings is 1. The molecule has 0 aliphatic heterocycles. The Balaban J connectivity index is 2.06. The molecule has 78 valence electrons. The number of nitrogens with one attached hydrogen (secondary N) is 1. The van der Waals surface area contributed by atoms with Crippen LogP contribution in [-0.4, -0.2) is 5.16 Å². The lowest BCUT2D eigenvalue weighted by Gasteiger charge is -1.97. The summed E-state index contributed by atoms with van der Waals surface area (Å²) in [7, 11) is 0. The molecule has 1 N–H and O–H groups in total. The van der Waals surface area contributed by atoms with Crippen molar-refractivity contribution in [1.29, 1.82) is 0 Å². The van der Waals surface area contributed by atoms with Crippen molar-refractivity contribution in [2.45, 2.75) is 10.6 Å². The molecule has 1 aromatic carbocycles. The van der Waals surface area contributed by atoms with E-state index in [1.807, 2.05) is 30.3 Å². The summed E-state index contributed by atoms with van der Waals surface area (Å²) in [6.07, 6.45) is 0. The molecule has 3 nitrogen and oxygen atoms in total. The van der Waals surface area contributed by atoms with E-state index in [4.69, 9.17) is 16.1 Å². The van der Waals surface area contributed by atoms with Crippen LogP contribution < -0.4 is 5.56 Å². The molecule has 0 amide bonds. The van der Waals surface area contributed by atoms with Crippen molar-refractivity contribution in [1.82, 2.24) is 5.16 Å². The van der Waals surface area contributed by atoms with E-state index in [0.717, 1.165) is 4.90 Å². The van der Waals surface area contributed by atoms with Crippen LogP contribution in [-0.2, 0) is 5.75 Å². The lowest BCUT2D eigenvalue weighted by molar-refractivity contribution is 0.390. The SMILES string of the molecule is O=c1[nH]oc(CSc2ccccc2)c1Cl. The molecule has 15 heavy (non-hydrogen) atoms. The molecule has 1 aromatic heterocycles. The second-order valence-corrected chi connectivity index (χ2v) is 4.30. The van der Waals surface area contributed by atoms with Gasteiger partial charge in [-0.15, -0.1) is 11.8 Å². The maximum absolute atomic E-state index is 11.0. The average molecular weight is 242 g/mol. The summed E-state index contributed by atoms with van der Waals surface area (Å²) in [5.41, 5.74) is -0.375. The molecule has 2 aromatic rings. The quantitative estimate of drug-likeness (QED) is 0.841. The van der Waals surface area contributed by atoms with Crippen LogP contribution in [0.2, 0.25) is 5.02 Å².